The maximum atomic E-state index is 10.9. The summed E-state index contributed by atoms with van der Waals surface area (Å²) < 4.78 is 0. The van der Waals surface area contributed by atoms with Gasteiger partial charge in [0.2, 0.25) is 0 Å². The molecule has 0 aliphatic rings. The van der Waals surface area contributed by atoms with Gasteiger partial charge in [-0.15, -0.1) is 0 Å². The highest BCUT2D eigenvalue weighted by molar-refractivity contribution is 5.76. The fourth-order valence-electron chi connectivity index (χ4n) is 1.32. The van der Waals surface area contributed by atoms with Crippen LogP contribution in [0, 0.1) is 0 Å². The molecule has 0 aromatic rings. The first-order valence-corrected chi connectivity index (χ1v) is 4.79. The highest BCUT2D eigenvalue weighted by atomic mass is 16.4. The second kappa shape index (κ2) is 6.81. The van der Waals surface area contributed by atoms with Gasteiger partial charge in [-0.1, -0.05) is 0 Å². The molecule has 0 spiro atoms. The molecule has 0 aliphatic carbocycles. The molecule has 0 aliphatic heterocycles. The summed E-state index contributed by atoms with van der Waals surface area (Å²) in [5.74, 6) is -3.40. The van der Waals surface area contributed by atoms with Crippen molar-refractivity contribution in [1.29, 1.82) is 0 Å². The molecule has 0 rings (SSSR count). The normalized spacial score (nSPS) is 12.7. The van der Waals surface area contributed by atoms with Crippen LogP contribution in [0.4, 0.5) is 0 Å². The van der Waals surface area contributed by atoms with E-state index in [0.29, 0.717) is 0 Å². The van der Waals surface area contributed by atoms with Crippen molar-refractivity contribution in [2.75, 3.05) is 33.7 Å². The lowest BCUT2D eigenvalue weighted by atomic mass is 10.2. The summed E-state index contributed by atoms with van der Waals surface area (Å²) in [4.78, 5) is 34.3. The highest BCUT2D eigenvalue weighted by Gasteiger charge is 2.26. The van der Waals surface area contributed by atoms with Gasteiger partial charge in [-0.3, -0.25) is 24.2 Å². The second-order valence-electron chi connectivity index (χ2n) is 3.75. The predicted molar refractivity (Wildman–Crippen MR) is 56.8 cm³/mol. The number of carboxylic acid groups (broad SMARTS) is 3. The van der Waals surface area contributed by atoms with Crippen LogP contribution >= 0.6 is 0 Å². The molecular weight excluding hydrogens is 232 g/mol. The van der Waals surface area contributed by atoms with Gasteiger partial charge >= 0.3 is 17.9 Å². The van der Waals surface area contributed by atoms with Gasteiger partial charge in [-0.2, -0.15) is 0 Å². The summed E-state index contributed by atoms with van der Waals surface area (Å²) in [6.45, 7) is -0.784. The van der Waals surface area contributed by atoms with Crippen LogP contribution in [-0.4, -0.2) is 82.8 Å². The molecule has 0 fully saturated rings. The molecule has 0 heterocycles. The standard InChI is InChI=1S/C9H16N2O6/c1-10(4-7(12)13)3-6(9(16)17)11(2)5-8(14)15/h6H,3-5H2,1-2H3,(H,12,13)(H,14,15)(H,16,17). The van der Waals surface area contributed by atoms with Crippen LogP contribution in [0.25, 0.3) is 0 Å². The fraction of sp³-hybridized carbons (Fsp3) is 0.667. The average Bonchev–Trinajstić information content (AvgIpc) is 2.10. The predicted octanol–water partition coefficient (Wildman–Crippen LogP) is -1.53. The molecule has 1 atom stereocenters. The third-order valence-electron chi connectivity index (χ3n) is 2.09. The van der Waals surface area contributed by atoms with Gasteiger partial charge in [-0.25, -0.2) is 0 Å². The Morgan fingerprint density at radius 2 is 1.47 bits per heavy atom. The van der Waals surface area contributed by atoms with E-state index in [-0.39, 0.29) is 13.1 Å². The lowest BCUT2D eigenvalue weighted by Crippen LogP contribution is -2.48. The third kappa shape index (κ3) is 6.48. The minimum atomic E-state index is -1.19. The Balaban J connectivity index is 4.47. The van der Waals surface area contributed by atoms with E-state index in [9.17, 15) is 14.4 Å². The lowest BCUT2D eigenvalue weighted by molar-refractivity contribution is -0.147. The summed E-state index contributed by atoms with van der Waals surface area (Å²) in [5.41, 5.74) is 0. The summed E-state index contributed by atoms with van der Waals surface area (Å²) in [6.07, 6.45) is 0. The smallest absolute Gasteiger partial charge is 0.322 e. The monoisotopic (exact) mass is 248 g/mol. The maximum absolute atomic E-state index is 10.9. The summed E-state index contributed by atoms with van der Waals surface area (Å²) in [7, 11) is 2.82. The Hall–Kier alpha value is -1.67. The Morgan fingerprint density at radius 3 is 1.82 bits per heavy atom. The molecule has 8 nitrogen and oxygen atoms in total. The van der Waals surface area contributed by atoms with Crippen LogP contribution in [0.15, 0.2) is 0 Å². The molecule has 0 radical (unpaired) electrons. The molecule has 1 unspecified atom stereocenters. The van der Waals surface area contributed by atoms with Crippen molar-refractivity contribution < 1.29 is 29.7 Å². The number of carboxylic acids is 3. The zero-order valence-corrected chi connectivity index (χ0v) is 9.66. The topological polar surface area (TPSA) is 118 Å². The van der Waals surface area contributed by atoms with Crippen molar-refractivity contribution in [1.82, 2.24) is 9.80 Å². The number of nitrogens with zero attached hydrogens (tertiary/aromatic N) is 2. The van der Waals surface area contributed by atoms with Crippen molar-refractivity contribution in [2.45, 2.75) is 6.04 Å². The highest BCUT2D eigenvalue weighted by Crippen LogP contribution is 1.99. The molecule has 17 heavy (non-hydrogen) atoms. The molecule has 8 heteroatoms. The van der Waals surface area contributed by atoms with Crippen molar-refractivity contribution >= 4 is 17.9 Å². The molecule has 0 saturated heterocycles. The van der Waals surface area contributed by atoms with Crippen LogP contribution in [0.1, 0.15) is 0 Å². The van der Waals surface area contributed by atoms with Gasteiger partial charge in [0.25, 0.3) is 0 Å². The van der Waals surface area contributed by atoms with Gasteiger partial charge in [-0.05, 0) is 14.1 Å². The zero-order valence-electron chi connectivity index (χ0n) is 9.66. The Kier molecular flexibility index (Phi) is 6.15. The largest absolute Gasteiger partial charge is 0.480 e. The maximum Gasteiger partial charge on any atom is 0.322 e. The van der Waals surface area contributed by atoms with E-state index in [2.05, 4.69) is 0 Å². The summed E-state index contributed by atoms with van der Waals surface area (Å²) >= 11 is 0. The van der Waals surface area contributed by atoms with Crippen LogP contribution in [0.2, 0.25) is 0 Å². The molecule has 3 N–H and O–H groups in total. The van der Waals surface area contributed by atoms with Crippen LogP contribution in [0.5, 0.6) is 0 Å². The number of aliphatic carboxylic acids is 3. The van der Waals surface area contributed by atoms with Gasteiger partial charge in [0, 0.05) is 6.54 Å². The van der Waals surface area contributed by atoms with Crippen LogP contribution in [-0.2, 0) is 14.4 Å². The minimum Gasteiger partial charge on any atom is -0.480 e. The van der Waals surface area contributed by atoms with E-state index in [1.165, 1.54) is 19.0 Å². The molecule has 0 amide bonds. The summed E-state index contributed by atoms with van der Waals surface area (Å²) in [6, 6.07) is -1.06. The van der Waals surface area contributed by atoms with Crippen molar-refractivity contribution in [3.05, 3.63) is 0 Å². The second-order valence-corrected chi connectivity index (χ2v) is 3.75. The molecule has 0 aromatic carbocycles. The number of carbonyl (C=O) groups is 3. The molecule has 98 valence electrons. The Morgan fingerprint density at radius 1 is 1.00 bits per heavy atom. The van der Waals surface area contributed by atoms with Gasteiger partial charge in [0.15, 0.2) is 0 Å². The van der Waals surface area contributed by atoms with E-state index in [1.807, 2.05) is 0 Å². The third-order valence-corrected chi connectivity index (χ3v) is 2.09. The van der Waals surface area contributed by atoms with Crippen molar-refractivity contribution in [3.8, 4) is 0 Å². The van der Waals surface area contributed by atoms with Gasteiger partial charge < -0.3 is 15.3 Å². The fourth-order valence-corrected chi connectivity index (χ4v) is 1.32. The first-order valence-electron chi connectivity index (χ1n) is 4.79. The van der Waals surface area contributed by atoms with Crippen LogP contribution in [0.3, 0.4) is 0 Å². The summed E-state index contributed by atoms with van der Waals surface area (Å²) in [5, 5.41) is 26.0. The molecule has 0 bridgehead atoms. The average molecular weight is 248 g/mol. The van der Waals surface area contributed by atoms with Crippen molar-refractivity contribution in [2.24, 2.45) is 0 Å². The molecule has 0 aromatic heterocycles. The Bertz CT molecular complexity index is 306. The first-order chi connectivity index (χ1) is 7.73. The van der Waals surface area contributed by atoms with E-state index < -0.39 is 30.5 Å². The molecular formula is C9H16N2O6. The SMILES string of the molecule is CN(CC(=O)O)CC(C(=O)O)N(C)CC(=O)O. The lowest BCUT2D eigenvalue weighted by Gasteiger charge is -2.26. The van der Waals surface area contributed by atoms with E-state index in [1.54, 1.807) is 0 Å². The van der Waals surface area contributed by atoms with E-state index in [4.69, 9.17) is 15.3 Å². The van der Waals surface area contributed by atoms with Gasteiger partial charge in [0.05, 0.1) is 13.1 Å². The number of likely N-dealkylation sites (N-methyl/N-ethyl adjacent to an activating group) is 2. The zero-order chi connectivity index (χ0) is 13.6. The van der Waals surface area contributed by atoms with E-state index in [0.717, 1.165) is 4.90 Å². The van der Waals surface area contributed by atoms with E-state index >= 15 is 0 Å². The quantitative estimate of drug-likeness (QED) is 0.473. The number of rotatable bonds is 8. The van der Waals surface area contributed by atoms with Crippen molar-refractivity contribution in [3.63, 3.8) is 0 Å². The number of hydrogen-bond acceptors (Lipinski definition) is 5. The number of hydrogen-bond donors (Lipinski definition) is 3. The Labute approximate surface area is 98.0 Å². The van der Waals surface area contributed by atoms with Gasteiger partial charge in [0.1, 0.15) is 6.04 Å². The first kappa shape index (κ1) is 15.3. The molecule has 0 saturated carbocycles. The van der Waals surface area contributed by atoms with Crippen LogP contribution < -0.4 is 0 Å². The minimum absolute atomic E-state index is 0.0641.